The van der Waals surface area contributed by atoms with E-state index in [4.69, 9.17) is 11.6 Å². The van der Waals surface area contributed by atoms with Crippen LogP contribution in [0.1, 0.15) is 31.7 Å². The number of phenols is 1. The molecule has 1 aromatic rings. The van der Waals surface area contributed by atoms with E-state index in [0.29, 0.717) is 17.1 Å². The molecule has 0 radical (unpaired) electrons. The number of rotatable bonds is 2. The highest BCUT2D eigenvalue weighted by molar-refractivity contribution is 6.32. The molecule has 0 saturated carbocycles. The number of halogens is 1. The van der Waals surface area contributed by atoms with Gasteiger partial charge in [0.05, 0.1) is 5.02 Å². The summed E-state index contributed by atoms with van der Waals surface area (Å²) in [6.45, 7) is 6.58. The summed E-state index contributed by atoms with van der Waals surface area (Å²) in [7, 11) is 0. The molecule has 0 bridgehead atoms. The lowest BCUT2D eigenvalue weighted by Crippen LogP contribution is -2.58. The van der Waals surface area contributed by atoms with Crippen molar-refractivity contribution in [2.24, 2.45) is 0 Å². The Bertz CT molecular complexity index is 480. The molecule has 2 atom stereocenters. The molecule has 2 unspecified atom stereocenters. The van der Waals surface area contributed by atoms with E-state index in [9.17, 15) is 5.11 Å². The van der Waals surface area contributed by atoms with E-state index < -0.39 is 0 Å². The van der Waals surface area contributed by atoms with Crippen LogP contribution in [0.25, 0.3) is 0 Å². The summed E-state index contributed by atoms with van der Waals surface area (Å²) in [4.78, 5) is 5.13. The maximum absolute atomic E-state index is 10.1. The first-order valence-electron chi connectivity index (χ1n) is 7.59. The van der Waals surface area contributed by atoms with E-state index in [-0.39, 0.29) is 5.75 Å². The van der Waals surface area contributed by atoms with Gasteiger partial charge in [0.15, 0.2) is 0 Å². The minimum absolute atomic E-state index is 0.243. The fraction of sp³-hybridized carbons (Fsp3) is 0.625. The molecule has 2 heterocycles. The van der Waals surface area contributed by atoms with Crippen LogP contribution in [0.5, 0.6) is 5.75 Å². The topological polar surface area (TPSA) is 26.7 Å². The van der Waals surface area contributed by atoms with Crippen molar-refractivity contribution in [3.05, 3.63) is 28.8 Å². The minimum atomic E-state index is 0.243. The van der Waals surface area contributed by atoms with Gasteiger partial charge in [-0.15, -0.1) is 0 Å². The monoisotopic (exact) mass is 294 g/mol. The predicted octanol–water partition coefficient (Wildman–Crippen LogP) is 3.10. The number of nitrogens with zero attached hydrogens (tertiary/aromatic N) is 2. The van der Waals surface area contributed by atoms with Crippen LogP contribution in [-0.4, -0.2) is 46.6 Å². The molecule has 110 valence electrons. The number of benzene rings is 1. The molecule has 1 N–H and O–H groups in total. The van der Waals surface area contributed by atoms with Gasteiger partial charge >= 0.3 is 0 Å². The minimum Gasteiger partial charge on any atom is -0.506 e. The number of phenolic OH excluding ortho intramolecular Hbond substituents is 1. The molecule has 0 aromatic heterocycles. The Balaban J connectivity index is 1.72. The fourth-order valence-electron chi connectivity index (χ4n) is 3.54. The van der Waals surface area contributed by atoms with Crippen molar-refractivity contribution in [2.75, 3.05) is 19.6 Å². The van der Waals surface area contributed by atoms with Crippen LogP contribution in [0.2, 0.25) is 5.02 Å². The van der Waals surface area contributed by atoms with Crippen LogP contribution >= 0.6 is 11.6 Å². The molecule has 4 heteroatoms. The number of aromatic hydroxyl groups is 1. The van der Waals surface area contributed by atoms with Crippen molar-refractivity contribution in [3.8, 4) is 5.75 Å². The van der Waals surface area contributed by atoms with Crippen molar-refractivity contribution in [1.82, 2.24) is 9.80 Å². The average Bonchev–Trinajstić information content (AvgIpc) is 2.44. The molecule has 0 spiro atoms. The normalized spacial score (nSPS) is 28.3. The third-order valence-electron chi connectivity index (χ3n) is 4.76. The third-order valence-corrected chi connectivity index (χ3v) is 5.07. The van der Waals surface area contributed by atoms with Gasteiger partial charge in [-0.25, -0.2) is 0 Å². The number of para-hydroxylation sites is 1. The summed E-state index contributed by atoms with van der Waals surface area (Å²) in [5, 5.41) is 10.5. The zero-order chi connectivity index (χ0) is 14.1. The second-order valence-corrected chi connectivity index (χ2v) is 6.58. The molecule has 0 aliphatic carbocycles. The van der Waals surface area contributed by atoms with Crippen molar-refractivity contribution < 1.29 is 5.11 Å². The maximum atomic E-state index is 10.1. The van der Waals surface area contributed by atoms with E-state index in [1.54, 1.807) is 6.07 Å². The molecule has 2 aliphatic rings. The number of fused-ring (bicyclic) bond motifs is 1. The Morgan fingerprint density at radius 3 is 3.00 bits per heavy atom. The summed E-state index contributed by atoms with van der Waals surface area (Å²) in [6, 6.07) is 6.85. The fourth-order valence-corrected chi connectivity index (χ4v) is 3.73. The van der Waals surface area contributed by atoms with Gasteiger partial charge in [0.25, 0.3) is 0 Å². The lowest BCUT2D eigenvalue weighted by atomic mass is 9.96. The van der Waals surface area contributed by atoms with Gasteiger partial charge < -0.3 is 5.11 Å². The molecule has 20 heavy (non-hydrogen) atoms. The summed E-state index contributed by atoms with van der Waals surface area (Å²) < 4.78 is 0. The van der Waals surface area contributed by atoms with Crippen molar-refractivity contribution in [2.45, 2.75) is 44.8 Å². The number of piperidine rings is 1. The highest BCUT2D eigenvalue weighted by Crippen LogP contribution is 2.30. The summed E-state index contributed by atoms with van der Waals surface area (Å²) in [5.41, 5.74) is 0.939. The van der Waals surface area contributed by atoms with Crippen molar-refractivity contribution in [1.29, 1.82) is 0 Å². The van der Waals surface area contributed by atoms with Crippen molar-refractivity contribution in [3.63, 3.8) is 0 Å². The Kier molecular flexibility index (Phi) is 4.20. The first kappa shape index (κ1) is 14.2. The molecule has 3 rings (SSSR count). The van der Waals surface area contributed by atoms with Crippen LogP contribution in [0, 0.1) is 0 Å². The Morgan fingerprint density at radius 2 is 2.15 bits per heavy atom. The van der Waals surface area contributed by atoms with Crippen LogP contribution < -0.4 is 0 Å². The smallest absolute Gasteiger partial charge is 0.138 e. The van der Waals surface area contributed by atoms with Gasteiger partial charge in [-0.2, -0.15) is 0 Å². The van der Waals surface area contributed by atoms with Gasteiger partial charge in [-0.3, -0.25) is 9.80 Å². The number of hydrogen-bond donors (Lipinski definition) is 1. The van der Waals surface area contributed by atoms with Crippen LogP contribution in [0.15, 0.2) is 18.2 Å². The van der Waals surface area contributed by atoms with E-state index >= 15 is 0 Å². The first-order valence-corrected chi connectivity index (χ1v) is 7.97. The predicted molar refractivity (Wildman–Crippen MR) is 82.2 cm³/mol. The second-order valence-electron chi connectivity index (χ2n) is 6.17. The highest BCUT2D eigenvalue weighted by atomic mass is 35.5. The Labute approximate surface area is 126 Å². The van der Waals surface area contributed by atoms with E-state index in [1.165, 1.54) is 25.8 Å². The molecular weight excluding hydrogens is 272 g/mol. The molecule has 2 fully saturated rings. The van der Waals surface area contributed by atoms with Gasteiger partial charge in [-0.1, -0.05) is 30.2 Å². The van der Waals surface area contributed by atoms with E-state index in [0.717, 1.165) is 25.2 Å². The summed E-state index contributed by atoms with van der Waals surface area (Å²) >= 11 is 6.00. The van der Waals surface area contributed by atoms with Crippen LogP contribution in [-0.2, 0) is 6.54 Å². The van der Waals surface area contributed by atoms with E-state index in [1.807, 2.05) is 12.1 Å². The second kappa shape index (κ2) is 5.92. The van der Waals surface area contributed by atoms with Gasteiger partial charge in [0.2, 0.25) is 0 Å². The number of hydrogen-bond acceptors (Lipinski definition) is 3. The quantitative estimate of drug-likeness (QED) is 0.908. The van der Waals surface area contributed by atoms with Crippen LogP contribution in [0.3, 0.4) is 0 Å². The lowest BCUT2D eigenvalue weighted by Gasteiger charge is -2.47. The van der Waals surface area contributed by atoms with Crippen LogP contribution in [0.4, 0.5) is 0 Å². The van der Waals surface area contributed by atoms with E-state index in [2.05, 4.69) is 16.7 Å². The summed E-state index contributed by atoms with van der Waals surface area (Å²) in [5.74, 6) is 0.243. The third kappa shape index (κ3) is 2.80. The maximum Gasteiger partial charge on any atom is 0.138 e. The molecule has 2 saturated heterocycles. The summed E-state index contributed by atoms with van der Waals surface area (Å²) in [6.07, 6.45) is 4.01. The average molecular weight is 295 g/mol. The van der Waals surface area contributed by atoms with Gasteiger partial charge in [-0.05, 0) is 32.4 Å². The standard InChI is InChI=1S/C16H23ClN2O/c1-12-9-18-8-3-2-6-14(18)11-19(12)10-13-5-4-7-15(17)16(13)20/h4-5,7,12,14,20H,2-3,6,8-11H2,1H3. The molecule has 2 aliphatic heterocycles. The molecule has 3 nitrogen and oxygen atoms in total. The largest absolute Gasteiger partial charge is 0.506 e. The zero-order valence-corrected chi connectivity index (χ0v) is 12.8. The number of piperazine rings is 1. The SMILES string of the molecule is CC1CN2CCCCC2CN1Cc1cccc(Cl)c1O. The lowest BCUT2D eigenvalue weighted by molar-refractivity contribution is 0.0108. The highest BCUT2D eigenvalue weighted by Gasteiger charge is 2.33. The Hall–Kier alpha value is -0.770. The zero-order valence-electron chi connectivity index (χ0n) is 12.1. The van der Waals surface area contributed by atoms with Gasteiger partial charge in [0, 0.05) is 37.3 Å². The first-order chi connectivity index (χ1) is 9.65. The van der Waals surface area contributed by atoms with Crippen molar-refractivity contribution >= 4 is 11.6 Å². The molecule has 0 amide bonds. The van der Waals surface area contributed by atoms with Gasteiger partial charge in [0.1, 0.15) is 5.75 Å². The Morgan fingerprint density at radius 1 is 1.30 bits per heavy atom. The molecule has 1 aromatic carbocycles. The molecular formula is C16H23ClN2O.